The van der Waals surface area contributed by atoms with Crippen LogP contribution in [-0.2, 0) is 0 Å². The van der Waals surface area contributed by atoms with Crippen molar-refractivity contribution in [2.75, 3.05) is 12.4 Å². The number of nitrogens with two attached hydrogens (primary N) is 1. The van der Waals surface area contributed by atoms with Gasteiger partial charge in [-0.2, -0.15) is 0 Å². The third-order valence-electron chi connectivity index (χ3n) is 2.58. The number of aromatic nitrogens is 2. The van der Waals surface area contributed by atoms with Gasteiger partial charge in [-0.15, -0.1) is 0 Å². The van der Waals surface area contributed by atoms with Crippen molar-refractivity contribution in [1.82, 2.24) is 9.97 Å². The molecule has 0 aliphatic carbocycles. The normalized spacial score (nSPS) is 11.9. The number of nitrogens with zero attached hydrogens (tertiary/aromatic N) is 2. The second kappa shape index (κ2) is 5.46. The topological polar surface area (TPSA) is 73.1 Å². The number of anilines is 1. The lowest BCUT2D eigenvalue weighted by Gasteiger charge is -2.17. The minimum Gasteiger partial charge on any atom is -0.496 e. The molecule has 0 amide bonds. The molecular formula is C13H16N4O. The van der Waals surface area contributed by atoms with Crippen LogP contribution in [0.15, 0.2) is 36.7 Å². The highest BCUT2D eigenvalue weighted by Crippen LogP contribution is 2.23. The van der Waals surface area contributed by atoms with E-state index in [2.05, 4.69) is 15.3 Å². The van der Waals surface area contributed by atoms with Crippen molar-refractivity contribution in [3.05, 3.63) is 48.0 Å². The van der Waals surface area contributed by atoms with Gasteiger partial charge in [0.1, 0.15) is 17.7 Å². The molecule has 0 saturated carbocycles. The summed E-state index contributed by atoms with van der Waals surface area (Å²) in [6, 6.07) is 7.63. The Balaban J connectivity index is 2.16. The highest BCUT2D eigenvalue weighted by molar-refractivity contribution is 5.44. The monoisotopic (exact) mass is 244 g/mol. The van der Waals surface area contributed by atoms with E-state index in [0.29, 0.717) is 0 Å². The Bertz CT molecular complexity index is 513. The maximum atomic E-state index is 6.09. The van der Waals surface area contributed by atoms with Gasteiger partial charge in [0.25, 0.3) is 0 Å². The predicted octanol–water partition coefficient (Wildman–Crippen LogP) is 1.86. The fraction of sp³-hybridized carbons (Fsp3) is 0.231. The summed E-state index contributed by atoms with van der Waals surface area (Å²) in [4.78, 5) is 8.22. The Morgan fingerprint density at radius 2 is 1.89 bits per heavy atom. The third kappa shape index (κ3) is 2.75. The first-order chi connectivity index (χ1) is 8.70. The lowest BCUT2D eigenvalue weighted by molar-refractivity contribution is 0.407. The summed E-state index contributed by atoms with van der Waals surface area (Å²) in [6.07, 6.45) is 3.04. The molecule has 2 rings (SSSR count). The molecule has 0 aliphatic rings. The van der Waals surface area contributed by atoms with Crippen LogP contribution in [0.2, 0.25) is 0 Å². The number of nitrogens with one attached hydrogen (secondary N) is 1. The first kappa shape index (κ1) is 12.3. The molecule has 1 heterocycles. The van der Waals surface area contributed by atoms with E-state index in [-0.39, 0.29) is 6.17 Å². The highest BCUT2D eigenvalue weighted by Gasteiger charge is 2.11. The zero-order valence-corrected chi connectivity index (χ0v) is 10.4. The van der Waals surface area contributed by atoms with Crippen LogP contribution in [-0.4, -0.2) is 17.1 Å². The van der Waals surface area contributed by atoms with Crippen LogP contribution in [0.5, 0.6) is 5.75 Å². The zero-order valence-electron chi connectivity index (χ0n) is 10.4. The fourth-order valence-corrected chi connectivity index (χ4v) is 1.65. The molecule has 1 aromatic carbocycles. The lowest BCUT2D eigenvalue weighted by atomic mass is 10.1. The number of hydrogen-bond donors (Lipinski definition) is 2. The number of ether oxygens (including phenoxy) is 1. The molecule has 0 bridgehead atoms. The van der Waals surface area contributed by atoms with Crippen LogP contribution in [0.1, 0.15) is 17.6 Å². The minimum absolute atomic E-state index is 0.368. The maximum absolute atomic E-state index is 6.09. The molecule has 0 fully saturated rings. The minimum atomic E-state index is -0.368. The van der Waals surface area contributed by atoms with E-state index < -0.39 is 0 Å². The van der Waals surface area contributed by atoms with Crippen LogP contribution in [0.4, 0.5) is 5.69 Å². The Morgan fingerprint density at radius 1 is 1.22 bits per heavy atom. The summed E-state index contributed by atoms with van der Waals surface area (Å²) in [5.41, 5.74) is 7.76. The molecule has 0 aliphatic heterocycles. The first-order valence-corrected chi connectivity index (χ1v) is 5.64. The molecule has 0 spiro atoms. The number of rotatable bonds is 4. The van der Waals surface area contributed by atoms with Gasteiger partial charge in [0.15, 0.2) is 0 Å². The van der Waals surface area contributed by atoms with Gasteiger partial charge in [-0.05, 0) is 13.0 Å². The van der Waals surface area contributed by atoms with Crippen molar-refractivity contribution >= 4 is 5.69 Å². The quantitative estimate of drug-likeness (QED) is 0.803. The van der Waals surface area contributed by atoms with Crippen molar-refractivity contribution in [2.24, 2.45) is 5.73 Å². The molecule has 1 aromatic heterocycles. The number of benzene rings is 1. The average molecular weight is 244 g/mol. The number of para-hydroxylation sites is 1. The maximum Gasteiger partial charge on any atom is 0.125 e. The van der Waals surface area contributed by atoms with Crippen molar-refractivity contribution < 1.29 is 4.74 Å². The highest BCUT2D eigenvalue weighted by atomic mass is 16.5. The van der Waals surface area contributed by atoms with Gasteiger partial charge >= 0.3 is 0 Å². The van der Waals surface area contributed by atoms with E-state index in [1.165, 1.54) is 0 Å². The Labute approximate surface area is 106 Å². The molecule has 5 heteroatoms. The van der Waals surface area contributed by atoms with Gasteiger partial charge < -0.3 is 15.8 Å². The van der Waals surface area contributed by atoms with Crippen molar-refractivity contribution in [1.29, 1.82) is 0 Å². The average Bonchev–Trinajstić information content (AvgIpc) is 2.41. The van der Waals surface area contributed by atoms with Gasteiger partial charge in [-0.1, -0.05) is 18.2 Å². The number of aryl methyl sites for hydroxylation is 1. The molecule has 94 valence electrons. The fourth-order valence-electron chi connectivity index (χ4n) is 1.65. The predicted molar refractivity (Wildman–Crippen MR) is 70.3 cm³/mol. The van der Waals surface area contributed by atoms with Crippen molar-refractivity contribution in [2.45, 2.75) is 13.1 Å². The van der Waals surface area contributed by atoms with Gasteiger partial charge in [0.2, 0.25) is 0 Å². The third-order valence-corrected chi connectivity index (χ3v) is 2.58. The van der Waals surface area contributed by atoms with Gasteiger partial charge in [-0.3, -0.25) is 0 Å². The number of hydrogen-bond acceptors (Lipinski definition) is 5. The van der Waals surface area contributed by atoms with Gasteiger partial charge in [0.05, 0.1) is 25.2 Å². The smallest absolute Gasteiger partial charge is 0.125 e. The van der Waals surface area contributed by atoms with Crippen LogP contribution in [0.25, 0.3) is 0 Å². The second-order valence-electron chi connectivity index (χ2n) is 3.88. The van der Waals surface area contributed by atoms with Crippen molar-refractivity contribution in [3.63, 3.8) is 0 Å². The van der Waals surface area contributed by atoms with E-state index in [0.717, 1.165) is 22.8 Å². The molecule has 1 unspecified atom stereocenters. The summed E-state index contributed by atoms with van der Waals surface area (Å²) in [5, 5.41) is 3.13. The van der Waals surface area contributed by atoms with Crippen LogP contribution in [0, 0.1) is 6.92 Å². The standard InChI is InChI=1S/C13H16N4O/c1-9-15-7-10(8-16-9)17-13(14)11-5-3-4-6-12(11)18-2/h3-8,13,17H,14H2,1-2H3. The summed E-state index contributed by atoms with van der Waals surface area (Å²) in [6.45, 7) is 1.84. The lowest BCUT2D eigenvalue weighted by Crippen LogP contribution is -2.21. The second-order valence-corrected chi connectivity index (χ2v) is 3.88. The SMILES string of the molecule is COc1ccccc1C(N)Nc1cnc(C)nc1. The molecule has 18 heavy (non-hydrogen) atoms. The zero-order chi connectivity index (χ0) is 13.0. The van der Waals surface area contributed by atoms with E-state index in [1.54, 1.807) is 19.5 Å². The number of methoxy groups -OCH3 is 1. The van der Waals surface area contributed by atoms with Crippen molar-refractivity contribution in [3.8, 4) is 5.75 Å². The molecule has 0 saturated heterocycles. The molecule has 5 nitrogen and oxygen atoms in total. The Hall–Kier alpha value is -2.14. The Kier molecular flexibility index (Phi) is 3.74. The summed E-state index contributed by atoms with van der Waals surface area (Å²) >= 11 is 0. The van der Waals surface area contributed by atoms with E-state index in [9.17, 15) is 0 Å². The molecule has 3 N–H and O–H groups in total. The molecular weight excluding hydrogens is 228 g/mol. The van der Waals surface area contributed by atoms with E-state index in [1.807, 2.05) is 31.2 Å². The molecule has 2 aromatic rings. The summed E-state index contributed by atoms with van der Waals surface area (Å²) < 4.78 is 5.27. The van der Waals surface area contributed by atoms with E-state index >= 15 is 0 Å². The van der Waals surface area contributed by atoms with Crippen LogP contribution in [0.3, 0.4) is 0 Å². The molecule has 0 radical (unpaired) electrons. The first-order valence-electron chi connectivity index (χ1n) is 5.64. The van der Waals surface area contributed by atoms with Gasteiger partial charge in [0, 0.05) is 5.56 Å². The van der Waals surface area contributed by atoms with Gasteiger partial charge in [-0.25, -0.2) is 9.97 Å². The summed E-state index contributed by atoms with van der Waals surface area (Å²) in [7, 11) is 1.63. The summed E-state index contributed by atoms with van der Waals surface area (Å²) in [5.74, 6) is 1.48. The Morgan fingerprint density at radius 3 is 2.56 bits per heavy atom. The van der Waals surface area contributed by atoms with E-state index in [4.69, 9.17) is 10.5 Å². The van der Waals surface area contributed by atoms with Crippen LogP contribution < -0.4 is 15.8 Å². The molecule has 1 atom stereocenters. The largest absolute Gasteiger partial charge is 0.496 e. The van der Waals surface area contributed by atoms with Crippen LogP contribution >= 0.6 is 0 Å².